The molecule has 0 unspecified atom stereocenters. The molecule has 6 nitrogen and oxygen atoms in total. The Morgan fingerprint density at radius 2 is 2.05 bits per heavy atom. The molecule has 0 aromatic heterocycles. The second-order valence-corrected chi connectivity index (χ2v) is 7.45. The van der Waals surface area contributed by atoms with Gasteiger partial charge in [-0.15, -0.1) is 0 Å². The number of rotatable bonds is 7. The zero-order chi connectivity index (χ0) is 15.6. The number of nitrogens with zero attached hydrogens (tertiary/aromatic N) is 2. The minimum atomic E-state index is -3.66. The van der Waals surface area contributed by atoms with Gasteiger partial charge in [0.2, 0.25) is 10.0 Å². The number of hydrogen-bond donors (Lipinski definition) is 0. The van der Waals surface area contributed by atoms with Crippen LogP contribution in [0.15, 0.2) is 23.1 Å². The van der Waals surface area contributed by atoms with Crippen molar-refractivity contribution in [3.05, 3.63) is 33.9 Å². The van der Waals surface area contributed by atoms with Crippen molar-refractivity contribution in [1.82, 2.24) is 4.31 Å². The van der Waals surface area contributed by atoms with E-state index in [1.165, 1.54) is 22.5 Å². The van der Waals surface area contributed by atoms with Gasteiger partial charge in [0.15, 0.2) is 0 Å². The Bertz CT molecular complexity index is 638. The molecular formula is C14H20N2O4S. The maximum Gasteiger partial charge on any atom is 0.273 e. The summed E-state index contributed by atoms with van der Waals surface area (Å²) in [7, 11) is -3.66. The number of benzene rings is 1. The molecule has 1 aliphatic rings. The van der Waals surface area contributed by atoms with Crippen LogP contribution in [0.3, 0.4) is 0 Å². The van der Waals surface area contributed by atoms with Crippen LogP contribution in [0, 0.1) is 23.0 Å². The average Bonchev–Trinajstić information content (AvgIpc) is 3.22. The third-order valence-corrected chi connectivity index (χ3v) is 5.51. The molecule has 1 aromatic rings. The van der Waals surface area contributed by atoms with E-state index in [0.717, 1.165) is 19.3 Å². The summed E-state index contributed by atoms with van der Waals surface area (Å²) in [6.45, 7) is 4.48. The highest BCUT2D eigenvalue weighted by Gasteiger charge is 2.32. The van der Waals surface area contributed by atoms with Crippen LogP contribution in [0.25, 0.3) is 0 Å². The van der Waals surface area contributed by atoms with Crippen molar-refractivity contribution in [1.29, 1.82) is 0 Å². The summed E-state index contributed by atoms with van der Waals surface area (Å²) < 4.78 is 26.8. The van der Waals surface area contributed by atoms with Gasteiger partial charge in [0.1, 0.15) is 0 Å². The lowest BCUT2D eigenvalue weighted by atomic mass is 10.2. The number of sulfonamides is 1. The van der Waals surface area contributed by atoms with Crippen molar-refractivity contribution in [2.45, 2.75) is 38.0 Å². The minimum absolute atomic E-state index is 0.00824. The maximum absolute atomic E-state index is 12.7. The summed E-state index contributed by atoms with van der Waals surface area (Å²) in [6, 6.07) is 4.11. The van der Waals surface area contributed by atoms with E-state index >= 15 is 0 Å². The quantitative estimate of drug-likeness (QED) is 0.572. The van der Waals surface area contributed by atoms with Crippen LogP contribution in [0.2, 0.25) is 0 Å². The van der Waals surface area contributed by atoms with Gasteiger partial charge in [-0.05, 0) is 38.2 Å². The summed E-state index contributed by atoms with van der Waals surface area (Å²) in [5.74, 6) is 0.437. The molecule has 7 heteroatoms. The zero-order valence-electron chi connectivity index (χ0n) is 12.3. The number of nitro groups is 1. The van der Waals surface area contributed by atoms with Crippen LogP contribution in [0.5, 0.6) is 0 Å². The average molecular weight is 312 g/mol. The van der Waals surface area contributed by atoms with Crippen molar-refractivity contribution in [3.8, 4) is 0 Å². The first kappa shape index (κ1) is 15.9. The third kappa shape index (κ3) is 3.59. The Morgan fingerprint density at radius 3 is 2.57 bits per heavy atom. The first-order chi connectivity index (χ1) is 9.86. The molecule has 1 aliphatic carbocycles. The zero-order valence-corrected chi connectivity index (χ0v) is 13.1. The van der Waals surface area contributed by atoms with Gasteiger partial charge in [-0.25, -0.2) is 8.42 Å². The highest BCUT2D eigenvalue weighted by Crippen LogP contribution is 2.32. The first-order valence-electron chi connectivity index (χ1n) is 7.11. The highest BCUT2D eigenvalue weighted by atomic mass is 32.2. The molecule has 0 N–H and O–H groups in total. The van der Waals surface area contributed by atoms with Gasteiger partial charge in [0.25, 0.3) is 5.69 Å². The molecule has 0 spiro atoms. The van der Waals surface area contributed by atoms with Crippen molar-refractivity contribution in [2.24, 2.45) is 5.92 Å². The third-order valence-electron chi connectivity index (χ3n) is 3.65. The number of nitro benzene ring substituents is 1. The van der Waals surface area contributed by atoms with Crippen molar-refractivity contribution < 1.29 is 13.3 Å². The van der Waals surface area contributed by atoms with Gasteiger partial charge in [0, 0.05) is 24.7 Å². The van der Waals surface area contributed by atoms with Crippen LogP contribution in [0.4, 0.5) is 5.69 Å². The molecule has 0 radical (unpaired) electrons. The van der Waals surface area contributed by atoms with E-state index in [1.54, 1.807) is 6.92 Å². The van der Waals surface area contributed by atoms with E-state index in [-0.39, 0.29) is 10.6 Å². The minimum Gasteiger partial charge on any atom is -0.258 e. The van der Waals surface area contributed by atoms with E-state index in [4.69, 9.17) is 0 Å². The predicted molar refractivity (Wildman–Crippen MR) is 79.6 cm³/mol. The molecule has 0 amide bonds. The molecule has 0 bridgehead atoms. The Morgan fingerprint density at radius 1 is 1.38 bits per heavy atom. The maximum atomic E-state index is 12.7. The van der Waals surface area contributed by atoms with E-state index in [1.807, 2.05) is 6.92 Å². The molecule has 1 fully saturated rings. The summed E-state index contributed by atoms with van der Waals surface area (Å²) in [4.78, 5) is 10.4. The molecule has 0 saturated heterocycles. The Kier molecular flexibility index (Phi) is 4.63. The Hall–Kier alpha value is -1.47. The molecule has 21 heavy (non-hydrogen) atoms. The molecule has 1 saturated carbocycles. The fourth-order valence-electron chi connectivity index (χ4n) is 2.24. The van der Waals surface area contributed by atoms with E-state index in [2.05, 4.69) is 0 Å². The normalized spacial score (nSPS) is 15.4. The molecule has 2 rings (SSSR count). The summed E-state index contributed by atoms with van der Waals surface area (Å²) in [6.07, 6.45) is 2.84. The largest absolute Gasteiger partial charge is 0.273 e. The summed E-state index contributed by atoms with van der Waals surface area (Å²) in [5, 5.41) is 11.0. The monoisotopic (exact) mass is 312 g/mol. The molecule has 1 aromatic carbocycles. The molecular weight excluding hydrogens is 292 g/mol. The first-order valence-corrected chi connectivity index (χ1v) is 8.55. The Balaban J connectivity index is 2.36. The van der Waals surface area contributed by atoms with E-state index < -0.39 is 14.9 Å². The van der Waals surface area contributed by atoms with Crippen LogP contribution < -0.4 is 0 Å². The SMILES string of the molecule is CCCN(CC1CC1)S(=O)(=O)c1ccc(C)c([N+](=O)[O-])c1. The van der Waals surface area contributed by atoms with Gasteiger partial charge >= 0.3 is 0 Å². The van der Waals surface area contributed by atoms with E-state index in [0.29, 0.717) is 24.6 Å². The lowest BCUT2D eigenvalue weighted by molar-refractivity contribution is -0.385. The second kappa shape index (κ2) is 6.11. The molecule has 0 heterocycles. The van der Waals surface area contributed by atoms with Crippen molar-refractivity contribution >= 4 is 15.7 Å². The predicted octanol–water partition coefficient (Wildman–Crippen LogP) is 2.71. The molecule has 0 atom stereocenters. The van der Waals surface area contributed by atoms with Gasteiger partial charge in [-0.2, -0.15) is 4.31 Å². The Labute approximate surface area is 125 Å². The van der Waals surface area contributed by atoms with E-state index in [9.17, 15) is 18.5 Å². The smallest absolute Gasteiger partial charge is 0.258 e. The van der Waals surface area contributed by atoms with Gasteiger partial charge in [0.05, 0.1) is 9.82 Å². The van der Waals surface area contributed by atoms with Crippen LogP contribution >= 0.6 is 0 Å². The number of aryl methyl sites for hydroxylation is 1. The van der Waals surface area contributed by atoms with Crippen LogP contribution in [-0.2, 0) is 10.0 Å². The van der Waals surface area contributed by atoms with Crippen LogP contribution in [-0.4, -0.2) is 30.7 Å². The fourth-order valence-corrected chi connectivity index (χ4v) is 3.87. The lowest BCUT2D eigenvalue weighted by Gasteiger charge is -2.21. The van der Waals surface area contributed by atoms with Crippen molar-refractivity contribution in [2.75, 3.05) is 13.1 Å². The van der Waals surface area contributed by atoms with Crippen LogP contribution in [0.1, 0.15) is 31.7 Å². The topological polar surface area (TPSA) is 80.5 Å². The molecule has 0 aliphatic heterocycles. The fraction of sp³-hybridized carbons (Fsp3) is 0.571. The van der Waals surface area contributed by atoms with Gasteiger partial charge in [-0.3, -0.25) is 10.1 Å². The standard InChI is InChI=1S/C14H20N2O4S/c1-3-8-15(10-12-5-6-12)21(19,20)13-7-4-11(2)14(9-13)16(17)18/h4,7,9,12H,3,5-6,8,10H2,1-2H3. The number of hydrogen-bond acceptors (Lipinski definition) is 4. The van der Waals surface area contributed by atoms with Gasteiger partial charge in [-0.1, -0.05) is 13.0 Å². The summed E-state index contributed by atoms with van der Waals surface area (Å²) in [5.41, 5.74) is 0.308. The van der Waals surface area contributed by atoms with Crippen molar-refractivity contribution in [3.63, 3.8) is 0 Å². The second-order valence-electron chi connectivity index (χ2n) is 5.51. The lowest BCUT2D eigenvalue weighted by Crippen LogP contribution is -2.33. The molecule has 116 valence electrons. The van der Waals surface area contributed by atoms with Gasteiger partial charge < -0.3 is 0 Å². The summed E-state index contributed by atoms with van der Waals surface area (Å²) >= 11 is 0. The highest BCUT2D eigenvalue weighted by molar-refractivity contribution is 7.89.